The van der Waals surface area contributed by atoms with Crippen LogP contribution in [0.1, 0.15) is 25.3 Å². The molecule has 1 aromatic heterocycles. The van der Waals surface area contributed by atoms with Crippen LogP contribution < -0.4 is 10.6 Å². The Balaban J connectivity index is 1.93. The molecular formula is C15H19ClN4. The van der Waals surface area contributed by atoms with Gasteiger partial charge in [0.1, 0.15) is 5.82 Å². The lowest BCUT2D eigenvalue weighted by Crippen LogP contribution is -2.07. The molecule has 0 bridgehead atoms. The minimum absolute atomic E-state index is 0.644. The van der Waals surface area contributed by atoms with Gasteiger partial charge < -0.3 is 10.6 Å². The number of anilines is 2. The van der Waals surface area contributed by atoms with Crippen molar-refractivity contribution in [1.29, 1.82) is 0 Å². The van der Waals surface area contributed by atoms with Gasteiger partial charge in [-0.25, -0.2) is 4.98 Å². The first kappa shape index (κ1) is 14.6. The standard InChI is InChI=1S/C15H19ClN4/c1-2-3-9-17-15-18-10-8-14(20-15)19-11-12-6-4-5-7-13(12)16/h4-8,10H,2-3,9,11H2,1H3,(H2,17,18,19,20). The number of hydrogen-bond acceptors (Lipinski definition) is 4. The zero-order valence-electron chi connectivity index (χ0n) is 11.6. The second-order valence-electron chi connectivity index (χ2n) is 4.49. The predicted octanol–water partition coefficient (Wildman–Crippen LogP) is 3.95. The highest BCUT2D eigenvalue weighted by Crippen LogP contribution is 2.16. The van der Waals surface area contributed by atoms with E-state index in [0.29, 0.717) is 12.5 Å². The lowest BCUT2D eigenvalue weighted by Gasteiger charge is -2.09. The van der Waals surface area contributed by atoms with Gasteiger partial charge >= 0.3 is 0 Å². The Bertz CT molecular complexity index is 545. The molecule has 0 aliphatic carbocycles. The minimum atomic E-state index is 0.644. The van der Waals surface area contributed by atoms with Crippen LogP contribution in [0.2, 0.25) is 5.02 Å². The van der Waals surface area contributed by atoms with E-state index in [4.69, 9.17) is 11.6 Å². The van der Waals surface area contributed by atoms with E-state index >= 15 is 0 Å². The van der Waals surface area contributed by atoms with Crippen molar-refractivity contribution in [3.63, 3.8) is 0 Å². The Morgan fingerprint density at radius 3 is 2.80 bits per heavy atom. The maximum absolute atomic E-state index is 6.12. The zero-order chi connectivity index (χ0) is 14.2. The average molecular weight is 291 g/mol. The molecule has 20 heavy (non-hydrogen) atoms. The summed E-state index contributed by atoms with van der Waals surface area (Å²) < 4.78 is 0. The lowest BCUT2D eigenvalue weighted by atomic mass is 10.2. The van der Waals surface area contributed by atoms with Crippen LogP contribution in [0.3, 0.4) is 0 Å². The first-order valence-corrected chi connectivity index (χ1v) is 7.21. The Kier molecular flexibility index (Phi) is 5.62. The fourth-order valence-corrected chi connectivity index (χ4v) is 1.95. The first-order valence-electron chi connectivity index (χ1n) is 6.84. The zero-order valence-corrected chi connectivity index (χ0v) is 12.3. The first-order chi connectivity index (χ1) is 9.79. The number of rotatable bonds is 7. The Labute approximate surface area is 124 Å². The van der Waals surface area contributed by atoms with Gasteiger partial charge in [0.2, 0.25) is 5.95 Å². The summed E-state index contributed by atoms with van der Waals surface area (Å²) >= 11 is 6.12. The molecule has 0 aliphatic heterocycles. The predicted molar refractivity (Wildman–Crippen MR) is 84.2 cm³/mol. The highest BCUT2D eigenvalue weighted by molar-refractivity contribution is 6.31. The van der Waals surface area contributed by atoms with Crippen molar-refractivity contribution in [1.82, 2.24) is 9.97 Å². The van der Waals surface area contributed by atoms with Crippen molar-refractivity contribution in [3.8, 4) is 0 Å². The van der Waals surface area contributed by atoms with Crippen molar-refractivity contribution in [2.75, 3.05) is 17.2 Å². The molecule has 0 aliphatic rings. The second-order valence-corrected chi connectivity index (χ2v) is 4.90. The molecule has 5 heteroatoms. The molecule has 0 amide bonds. The summed E-state index contributed by atoms with van der Waals surface area (Å²) in [4.78, 5) is 8.61. The van der Waals surface area contributed by atoms with Crippen LogP contribution in [0, 0.1) is 0 Å². The van der Waals surface area contributed by atoms with Crippen molar-refractivity contribution in [2.45, 2.75) is 26.3 Å². The molecule has 0 spiro atoms. The summed E-state index contributed by atoms with van der Waals surface area (Å²) in [6, 6.07) is 9.63. The number of hydrogen-bond donors (Lipinski definition) is 2. The van der Waals surface area contributed by atoms with E-state index in [1.807, 2.05) is 30.3 Å². The Hall–Kier alpha value is -1.81. The van der Waals surface area contributed by atoms with Crippen molar-refractivity contribution < 1.29 is 0 Å². The van der Waals surface area contributed by atoms with Gasteiger partial charge in [0.15, 0.2) is 0 Å². The number of nitrogens with one attached hydrogen (secondary N) is 2. The summed E-state index contributed by atoms with van der Waals surface area (Å²) in [5.74, 6) is 1.45. The van der Waals surface area contributed by atoms with Gasteiger partial charge in [0.05, 0.1) is 0 Å². The van der Waals surface area contributed by atoms with E-state index in [0.717, 1.165) is 35.8 Å². The van der Waals surface area contributed by atoms with E-state index in [2.05, 4.69) is 27.5 Å². The molecule has 0 fully saturated rings. The average Bonchev–Trinajstić information content (AvgIpc) is 2.47. The largest absolute Gasteiger partial charge is 0.366 e. The van der Waals surface area contributed by atoms with Crippen LogP contribution in [-0.4, -0.2) is 16.5 Å². The monoisotopic (exact) mass is 290 g/mol. The van der Waals surface area contributed by atoms with E-state index in [1.165, 1.54) is 0 Å². The summed E-state index contributed by atoms with van der Waals surface area (Å²) in [7, 11) is 0. The van der Waals surface area contributed by atoms with E-state index in [9.17, 15) is 0 Å². The Morgan fingerprint density at radius 2 is 2.00 bits per heavy atom. The van der Waals surface area contributed by atoms with Crippen LogP contribution in [0.4, 0.5) is 11.8 Å². The fraction of sp³-hybridized carbons (Fsp3) is 0.333. The van der Waals surface area contributed by atoms with Gasteiger partial charge in [-0.2, -0.15) is 4.98 Å². The van der Waals surface area contributed by atoms with Crippen molar-refractivity contribution in [3.05, 3.63) is 47.1 Å². The summed E-state index contributed by atoms with van der Waals surface area (Å²) in [6.45, 7) is 3.69. The van der Waals surface area contributed by atoms with Crippen LogP contribution in [0.5, 0.6) is 0 Å². The normalized spacial score (nSPS) is 10.3. The molecule has 0 unspecified atom stereocenters. The molecule has 1 heterocycles. The number of halogens is 1. The number of benzene rings is 1. The summed E-state index contributed by atoms with van der Waals surface area (Å²) in [5, 5.41) is 7.22. The number of unbranched alkanes of at least 4 members (excludes halogenated alkanes) is 1. The summed E-state index contributed by atoms with van der Waals surface area (Å²) in [5.41, 5.74) is 1.05. The van der Waals surface area contributed by atoms with Crippen molar-refractivity contribution in [2.24, 2.45) is 0 Å². The third-order valence-electron chi connectivity index (χ3n) is 2.89. The van der Waals surface area contributed by atoms with Gasteiger partial charge in [-0.05, 0) is 24.1 Å². The molecular weight excluding hydrogens is 272 g/mol. The van der Waals surface area contributed by atoms with Gasteiger partial charge in [-0.15, -0.1) is 0 Å². The minimum Gasteiger partial charge on any atom is -0.366 e. The highest BCUT2D eigenvalue weighted by atomic mass is 35.5. The SMILES string of the molecule is CCCCNc1nccc(NCc2ccccc2Cl)n1. The van der Waals surface area contributed by atoms with Gasteiger partial charge in [0, 0.05) is 24.3 Å². The fourth-order valence-electron chi connectivity index (χ4n) is 1.75. The molecule has 0 atom stereocenters. The van der Waals surface area contributed by atoms with Crippen LogP contribution in [-0.2, 0) is 6.54 Å². The third-order valence-corrected chi connectivity index (χ3v) is 3.26. The number of nitrogens with zero attached hydrogens (tertiary/aromatic N) is 2. The van der Waals surface area contributed by atoms with Gasteiger partial charge in [-0.3, -0.25) is 0 Å². The topological polar surface area (TPSA) is 49.8 Å². The van der Waals surface area contributed by atoms with Crippen molar-refractivity contribution >= 4 is 23.4 Å². The van der Waals surface area contributed by atoms with E-state index < -0.39 is 0 Å². The molecule has 0 saturated carbocycles. The van der Waals surface area contributed by atoms with E-state index in [-0.39, 0.29) is 0 Å². The number of aromatic nitrogens is 2. The molecule has 2 rings (SSSR count). The summed E-state index contributed by atoms with van der Waals surface area (Å²) in [6.07, 6.45) is 4.01. The molecule has 2 N–H and O–H groups in total. The maximum atomic E-state index is 6.12. The molecule has 2 aromatic rings. The van der Waals surface area contributed by atoms with Gasteiger partial charge in [-0.1, -0.05) is 43.1 Å². The molecule has 1 aromatic carbocycles. The Morgan fingerprint density at radius 1 is 1.15 bits per heavy atom. The maximum Gasteiger partial charge on any atom is 0.224 e. The second kappa shape index (κ2) is 7.70. The molecule has 4 nitrogen and oxygen atoms in total. The van der Waals surface area contributed by atoms with Crippen LogP contribution in [0.25, 0.3) is 0 Å². The quantitative estimate of drug-likeness (QED) is 0.758. The van der Waals surface area contributed by atoms with Gasteiger partial charge in [0.25, 0.3) is 0 Å². The lowest BCUT2D eigenvalue weighted by molar-refractivity contribution is 0.826. The molecule has 106 valence electrons. The molecule has 0 radical (unpaired) electrons. The smallest absolute Gasteiger partial charge is 0.224 e. The van der Waals surface area contributed by atoms with Crippen LogP contribution >= 0.6 is 11.6 Å². The highest BCUT2D eigenvalue weighted by Gasteiger charge is 2.01. The van der Waals surface area contributed by atoms with E-state index in [1.54, 1.807) is 6.20 Å². The van der Waals surface area contributed by atoms with Crippen LogP contribution in [0.15, 0.2) is 36.5 Å². The third kappa shape index (κ3) is 4.38. The molecule has 0 saturated heterocycles.